The van der Waals surface area contributed by atoms with Crippen molar-refractivity contribution in [2.45, 2.75) is 19.8 Å². The van der Waals surface area contributed by atoms with Gasteiger partial charge < -0.3 is 4.90 Å². The largest absolute Gasteiger partial charge is 0.349 e. The number of anilines is 1. The van der Waals surface area contributed by atoms with E-state index in [4.69, 9.17) is 6.42 Å². The Morgan fingerprint density at radius 2 is 2.05 bits per heavy atom. The van der Waals surface area contributed by atoms with Crippen LogP contribution in [0, 0.1) is 22.5 Å². The van der Waals surface area contributed by atoms with Crippen LogP contribution in [0.5, 0.6) is 0 Å². The van der Waals surface area contributed by atoms with Crippen molar-refractivity contribution in [3.8, 4) is 12.3 Å². The normalized spacial score (nSPS) is 16.0. The minimum Gasteiger partial charge on any atom is -0.349 e. The zero-order chi connectivity index (χ0) is 15.4. The molecule has 7 nitrogen and oxygen atoms in total. The number of aryl methyl sites for hydroxylation is 2. The Labute approximate surface area is 124 Å². The van der Waals surface area contributed by atoms with Crippen LogP contribution in [0.25, 0.3) is 0 Å². The Morgan fingerprint density at radius 1 is 1.38 bits per heavy atom. The molecule has 0 atom stereocenters. The van der Waals surface area contributed by atoms with Gasteiger partial charge in [-0.15, -0.1) is 12.3 Å². The fourth-order valence-electron chi connectivity index (χ4n) is 2.74. The average molecular weight is 291 g/mol. The second-order valence-electron chi connectivity index (χ2n) is 5.14. The topological polar surface area (TPSA) is 67.4 Å². The molecule has 21 heavy (non-hydrogen) atoms. The third-order valence-corrected chi connectivity index (χ3v) is 3.82. The highest BCUT2D eigenvalue weighted by Gasteiger charge is 2.31. The van der Waals surface area contributed by atoms with Crippen molar-refractivity contribution in [2.24, 2.45) is 7.05 Å². The van der Waals surface area contributed by atoms with Gasteiger partial charge in [-0.25, -0.2) is 4.68 Å². The molecule has 1 aliphatic rings. The fraction of sp³-hybridized carbons (Fsp3) is 0.643. The number of aromatic nitrogens is 2. The molecule has 1 aromatic rings. The van der Waals surface area contributed by atoms with Gasteiger partial charge in [0.25, 0.3) is 0 Å². The van der Waals surface area contributed by atoms with Crippen molar-refractivity contribution in [3.05, 3.63) is 15.8 Å². The number of hydrogen-bond acceptors (Lipinski definition) is 5. The summed E-state index contributed by atoms with van der Waals surface area (Å²) >= 11 is 0. The zero-order valence-corrected chi connectivity index (χ0v) is 12.6. The van der Waals surface area contributed by atoms with Crippen molar-refractivity contribution in [1.82, 2.24) is 14.7 Å². The third kappa shape index (κ3) is 3.16. The van der Waals surface area contributed by atoms with E-state index in [1.807, 2.05) is 6.92 Å². The highest BCUT2D eigenvalue weighted by atomic mass is 16.6. The van der Waals surface area contributed by atoms with E-state index >= 15 is 0 Å². The van der Waals surface area contributed by atoms with Gasteiger partial charge in [-0.3, -0.25) is 15.0 Å². The Bertz CT molecular complexity index is 552. The van der Waals surface area contributed by atoms with E-state index in [2.05, 4.69) is 20.8 Å². The van der Waals surface area contributed by atoms with Crippen LogP contribution in [-0.4, -0.2) is 52.3 Å². The van der Waals surface area contributed by atoms with Crippen molar-refractivity contribution in [3.63, 3.8) is 0 Å². The van der Waals surface area contributed by atoms with Crippen molar-refractivity contribution < 1.29 is 4.92 Å². The highest BCUT2D eigenvalue weighted by molar-refractivity contribution is 5.61. The Kier molecular flexibility index (Phi) is 4.81. The molecule has 0 unspecified atom stereocenters. The standard InChI is InChI=1S/C14H21N5O2/c1-4-6-7-17-8-10-18(11-9-17)14-13(19(20)21)12(5-2)15-16(14)3/h1H,5-11H2,2-3H3. The maximum absolute atomic E-state index is 11.4. The summed E-state index contributed by atoms with van der Waals surface area (Å²) in [6, 6.07) is 0. The summed E-state index contributed by atoms with van der Waals surface area (Å²) in [6.45, 7) is 6.02. The van der Waals surface area contributed by atoms with Gasteiger partial charge in [-0.05, 0) is 6.42 Å². The maximum Gasteiger partial charge on any atom is 0.334 e. The molecular formula is C14H21N5O2. The molecule has 1 aliphatic heterocycles. The number of nitro groups is 1. The first kappa shape index (κ1) is 15.3. The van der Waals surface area contributed by atoms with E-state index < -0.39 is 0 Å². The van der Waals surface area contributed by atoms with Gasteiger partial charge in [0.2, 0.25) is 5.82 Å². The van der Waals surface area contributed by atoms with Gasteiger partial charge in [0.05, 0.1) is 4.92 Å². The lowest BCUT2D eigenvalue weighted by Crippen LogP contribution is -2.47. The van der Waals surface area contributed by atoms with Gasteiger partial charge in [0.1, 0.15) is 5.69 Å². The van der Waals surface area contributed by atoms with Crippen LogP contribution in [0.3, 0.4) is 0 Å². The first-order valence-electron chi connectivity index (χ1n) is 7.19. The van der Waals surface area contributed by atoms with Crippen LogP contribution in [-0.2, 0) is 13.5 Å². The zero-order valence-electron chi connectivity index (χ0n) is 12.6. The van der Waals surface area contributed by atoms with Gasteiger partial charge >= 0.3 is 5.69 Å². The number of hydrogen-bond donors (Lipinski definition) is 0. The molecule has 1 aromatic heterocycles. The fourth-order valence-corrected chi connectivity index (χ4v) is 2.74. The van der Waals surface area contributed by atoms with Crippen LogP contribution in [0.1, 0.15) is 19.0 Å². The molecule has 0 spiro atoms. The molecule has 2 heterocycles. The van der Waals surface area contributed by atoms with Gasteiger partial charge in [-0.2, -0.15) is 5.10 Å². The van der Waals surface area contributed by atoms with E-state index in [0.29, 0.717) is 17.9 Å². The molecule has 0 aromatic carbocycles. The van der Waals surface area contributed by atoms with Crippen LogP contribution in [0.15, 0.2) is 0 Å². The monoisotopic (exact) mass is 291 g/mol. The number of terminal acetylenes is 1. The summed E-state index contributed by atoms with van der Waals surface area (Å²) in [5.74, 6) is 3.26. The highest BCUT2D eigenvalue weighted by Crippen LogP contribution is 2.32. The summed E-state index contributed by atoms with van der Waals surface area (Å²) < 4.78 is 1.63. The van der Waals surface area contributed by atoms with Crippen LogP contribution in [0.2, 0.25) is 0 Å². The molecule has 0 aliphatic carbocycles. The van der Waals surface area contributed by atoms with E-state index in [0.717, 1.165) is 39.1 Å². The number of nitrogens with zero attached hydrogens (tertiary/aromatic N) is 5. The van der Waals surface area contributed by atoms with Gasteiger partial charge in [-0.1, -0.05) is 6.92 Å². The third-order valence-electron chi connectivity index (χ3n) is 3.82. The second kappa shape index (κ2) is 6.59. The SMILES string of the molecule is C#CCCN1CCN(c2c([N+](=O)[O-])c(CC)nn2C)CC1. The smallest absolute Gasteiger partial charge is 0.334 e. The van der Waals surface area contributed by atoms with Crippen molar-refractivity contribution >= 4 is 11.5 Å². The number of piperazine rings is 1. The van der Waals surface area contributed by atoms with E-state index in [-0.39, 0.29) is 10.6 Å². The maximum atomic E-state index is 11.4. The van der Waals surface area contributed by atoms with E-state index in [1.165, 1.54) is 0 Å². The number of rotatable bonds is 5. The minimum atomic E-state index is -0.314. The molecule has 1 saturated heterocycles. The van der Waals surface area contributed by atoms with E-state index in [9.17, 15) is 10.1 Å². The molecule has 0 saturated carbocycles. The molecule has 0 amide bonds. The average Bonchev–Trinajstić information content (AvgIpc) is 2.82. The molecular weight excluding hydrogens is 270 g/mol. The molecule has 2 rings (SSSR count). The van der Waals surface area contributed by atoms with Crippen LogP contribution in [0.4, 0.5) is 11.5 Å². The summed E-state index contributed by atoms with van der Waals surface area (Å²) in [7, 11) is 1.77. The van der Waals surface area contributed by atoms with Gasteiger partial charge in [0.15, 0.2) is 0 Å². The quantitative estimate of drug-likeness (QED) is 0.460. The van der Waals surface area contributed by atoms with Crippen molar-refractivity contribution in [1.29, 1.82) is 0 Å². The Morgan fingerprint density at radius 3 is 2.57 bits per heavy atom. The van der Waals surface area contributed by atoms with E-state index in [1.54, 1.807) is 11.7 Å². The Balaban J connectivity index is 2.15. The predicted octanol–water partition coefficient (Wildman–Crippen LogP) is 1.04. The molecule has 0 bridgehead atoms. The molecule has 1 fully saturated rings. The Hall–Kier alpha value is -2.07. The lowest BCUT2D eigenvalue weighted by molar-refractivity contribution is -0.384. The van der Waals surface area contributed by atoms with Gasteiger partial charge in [0, 0.05) is 46.2 Å². The summed E-state index contributed by atoms with van der Waals surface area (Å²) in [5.41, 5.74) is 0.698. The summed E-state index contributed by atoms with van der Waals surface area (Å²) in [6.07, 6.45) is 6.59. The summed E-state index contributed by atoms with van der Waals surface area (Å²) in [4.78, 5) is 15.4. The first-order chi connectivity index (χ1) is 10.1. The molecule has 0 radical (unpaired) electrons. The molecule has 7 heteroatoms. The lowest BCUT2D eigenvalue weighted by atomic mass is 10.2. The summed E-state index contributed by atoms with van der Waals surface area (Å²) in [5, 5.41) is 15.6. The van der Waals surface area contributed by atoms with Crippen LogP contribution >= 0.6 is 0 Å². The first-order valence-corrected chi connectivity index (χ1v) is 7.19. The molecule has 114 valence electrons. The second-order valence-corrected chi connectivity index (χ2v) is 5.14. The lowest BCUT2D eigenvalue weighted by Gasteiger charge is -2.35. The van der Waals surface area contributed by atoms with Crippen molar-refractivity contribution in [2.75, 3.05) is 37.6 Å². The minimum absolute atomic E-state index is 0.150. The van der Waals surface area contributed by atoms with Crippen LogP contribution < -0.4 is 4.90 Å². The molecule has 0 N–H and O–H groups in total. The predicted molar refractivity (Wildman–Crippen MR) is 81.3 cm³/mol.